The van der Waals surface area contributed by atoms with Gasteiger partial charge < -0.3 is 10.6 Å². The van der Waals surface area contributed by atoms with Crippen LogP contribution in [0.2, 0.25) is 5.02 Å². The molecule has 2 N–H and O–H groups in total. The highest BCUT2D eigenvalue weighted by Gasteiger charge is 2.09. The molecule has 0 aliphatic heterocycles. The van der Waals surface area contributed by atoms with Crippen LogP contribution in [0.4, 0.5) is 4.39 Å². The maximum Gasteiger partial charge on any atom is 0.236 e. The van der Waals surface area contributed by atoms with Crippen molar-refractivity contribution in [3.63, 3.8) is 0 Å². The molecule has 0 radical (unpaired) electrons. The molecular formula is C11H14ClFN2O. The minimum Gasteiger partial charge on any atom is -0.358 e. The molecule has 0 aromatic heterocycles. The molecule has 1 atom stereocenters. The summed E-state index contributed by atoms with van der Waals surface area (Å²) in [5.74, 6) is -0.487. The van der Waals surface area contributed by atoms with Gasteiger partial charge in [-0.25, -0.2) is 4.39 Å². The molecule has 0 aliphatic carbocycles. The van der Waals surface area contributed by atoms with E-state index in [0.29, 0.717) is 17.1 Å². The number of hydrogen-bond donors (Lipinski definition) is 2. The zero-order chi connectivity index (χ0) is 12.1. The summed E-state index contributed by atoms with van der Waals surface area (Å²) in [4.78, 5) is 11.2. The molecule has 1 aromatic rings. The van der Waals surface area contributed by atoms with Crippen LogP contribution < -0.4 is 10.6 Å². The SMILES string of the molecule is CNC(=O)C(C)NCc1cc(F)cc(Cl)c1. The summed E-state index contributed by atoms with van der Waals surface area (Å²) in [7, 11) is 1.57. The molecule has 88 valence electrons. The summed E-state index contributed by atoms with van der Waals surface area (Å²) in [6.45, 7) is 2.13. The lowest BCUT2D eigenvalue weighted by Crippen LogP contribution is -2.40. The summed E-state index contributed by atoms with van der Waals surface area (Å²) >= 11 is 5.71. The summed E-state index contributed by atoms with van der Waals surface area (Å²) in [5.41, 5.74) is 0.709. The van der Waals surface area contributed by atoms with Crippen LogP contribution in [0.15, 0.2) is 18.2 Å². The first kappa shape index (κ1) is 12.9. The first-order chi connectivity index (χ1) is 7.52. The van der Waals surface area contributed by atoms with Crippen molar-refractivity contribution in [2.24, 2.45) is 0 Å². The molecule has 0 aliphatic rings. The Hall–Kier alpha value is -1.13. The molecule has 0 saturated heterocycles. The van der Waals surface area contributed by atoms with E-state index >= 15 is 0 Å². The van der Waals surface area contributed by atoms with Gasteiger partial charge in [0, 0.05) is 18.6 Å². The predicted octanol–water partition coefficient (Wildman–Crippen LogP) is 1.70. The molecule has 0 spiro atoms. The van der Waals surface area contributed by atoms with Gasteiger partial charge in [0.1, 0.15) is 5.82 Å². The van der Waals surface area contributed by atoms with E-state index in [1.807, 2.05) is 0 Å². The predicted molar refractivity (Wildman–Crippen MR) is 61.8 cm³/mol. The van der Waals surface area contributed by atoms with Crippen LogP contribution in [-0.2, 0) is 11.3 Å². The summed E-state index contributed by atoms with van der Waals surface area (Å²) in [6.07, 6.45) is 0. The highest BCUT2D eigenvalue weighted by Crippen LogP contribution is 2.13. The fourth-order valence-corrected chi connectivity index (χ4v) is 1.54. The second-order valence-electron chi connectivity index (χ2n) is 3.49. The molecule has 16 heavy (non-hydrogen) atoms. The van der Waals surface area contributed by atoms with Crippen molar-refractivity contribution in [3.8, 4) is 0 Å². The van der Waals surface area contributed by atoms with E-state index < -0.39 is 0 Å². The molecule has 1 amide bonds. The minimum absolute atomic E-state index is 0.109. The number of carbonyl (C=O) groups is 1. The van der Waals surface area contributed by atoms with Gasteiger partial charge in [-0.1, -0.05) is 11.6 Å². The van der Waals surface area contributed by atoms with Crippen molar-refractivity contribution < 1.29 is 9.18 Å². The molecule has 3 nitrogen and oxygen atoms in total. The number of nitrogens with one attached hydrogen (secondary N) is 2. The lowest BCUT2D eigenvalue weighted by Gasteiger charge is -2.12. The van der Waals surface area contributed by atoms with Gasteiger partial charge in [0.05, 0.1) is 6.04 Å². The van der Waals surface area contributed by atoms with E-state index in [2.05, 4.69) is 10.6 Å². The molecule has 1 rings (SSSR count). The Morgan fingerprint density at radius 2 is 2.19 bits per heavy atom. The number of carbonyl (C=O) groups excluding carboxylic acids is 1. The number of hydrogen-bond acceptors (Lipinski definition) is 2. The van der Waals surface area contributed by atoms with Crippen molar-refractivity contribution in [2.75, 3.05) is 7.05 Å². The smallest absolute Gasteiger partial charge is 0.236 e. The van der Waals surface area contributed by atoms with Crippen molar-refractivity contribution in [3.05, 3.63) is 34.6 Å². The fraction of sp³-hybridized carbons (Fsp3) is 0.364. The summed E-state index contributed by atoms with van der Waals surface area (Å²) in [6, 6.07) is 3.96. The first-order valence-corrected chi connectivity index (χ1v) is 5.30. The average molecular weight is 245 g/mol. The highest BCUT2D eigenvalue weighted by atomic mass is 35.5. The van der Waals surface area contributed by atoms with Crippen molar-refractivity contribution >= 4 is 17.5 Å². The van der Waals surface area contributed by atoms with Crippen LogP contribution in [-0.4, -0.2) is 19.0 Å². The second kappa shape index (κ2) is 5.82. The van der Waals surface area contributed by atoms with Gasteiger partial charge in [-0.15, -0.1) is 0 Å². The van der Waals surface area contributed by atoms with Gasteiger partial charge in [-0.05, 0) is 30.7 Å². The van der Waals surface area contributed by atoms with Gasteiger partial charge in [0.25, 0.3) is 0 Å². The molecule has 0 saturated carbocycles. The standard InChI is InChI=1S/C11H14ClFN2O/c1-7(11(16)14-2)15-6-8-3-9(12)5-10(13)4-8/h3-5,7,15H,6H2,1-2H3,(H,14,16). The van der Waals surface area contributed by atoms with E-state index in [4.69, 9.17) is 11.6 Å². The zero-order valence-electron chi connectivity index (χ0n) is 9.18. The van der Waals surface area contributed by atoms with Gasteiger partial charge in [-0.2, -0.15) is 0 Å². The zero-order valence-corrected chi connectivity index (χ0v) is 9.94. The topological polar surface area (TPSA) is 41.1 Å². The van der Waals surface area contributed by atoms with Crippen LogP contribution in [0.3, 0.4) is 0 Å². The number of rotatable bonds is 4. The highest BCUT2D eigenvalue weighted by molar-refractivity contribution is 6.30. The quantitative estimate of drug-likeness (QED) is 0.847. The van der Waals surface area contributed by atoms with E-state index in [9.17, 15) is 9.18 Å². The van der Waals surface area contributed by atoms with Crippen LogP contribution in [0.5, 0.6) is 0 Å². The van der Waals surface area contributed by atoms with Crippen LogP contribution in [0.25, 0.3) is 0 Å². The van der Waals surface area contributed by atoms with Crippen molar-refractivity contribution in [2.45, 2.75) is 19.5 Å². The Labute approximate surface area is 99.0 Å². The Bertz CT molecular complexity index is 364. The lowest BCUT2D eigenvalue weighted by molar-refractivity contribution is -0.122. The van der Waals surface area contributed by atoms with E-state index in [1.165, 1.54) is 12.1 Å². The second-order valence-corrected chi connectivity index (χ2v) is 3.93. The average Bonchev–Trinajstić information content (AvgIpc) is 2.23. The van der Waals surface area contributed by atoms with Crippen LogP contribution >= 0.6 is 11.6 Å². The monoisotopic (exact) mass is 244 g/mol. The van der Waals surface area contributed by atoms with E-state index in [1.54, 1.807) is 20.0 Å². The van der Waals surface area contributed by atoms with Crippen molar-refractivity contribution in [1.29, 1.82) is 0 Å². The maximum absolute atomic E-state index is 13.0. The number of amides is 1. The van der Waals surface area contributed by atoms with Crippen LogP contribution in [0, 0.1) is 5.82 Å². The first-order valence-electron chi connectivity index (χ1n) is 4.93. The van der Waals surface area contributed by atoms with Gasteiger partial charge in [-0.3, -0.25) is 4.79 Å². The third-order valence-electron chi connectivity index (χ3n) is 2.17. The van der Waals surface area contributed by atoms with E-state index in [0.717, 1.165) is 0 Å². The Balaban J connectivity index is 2.57. The van der Waals surface area contributed by atoms with Crippen LogP contribution in [0.1, 0.15) is 12.5 Å². The molecular weight excluding hydrogens is 231 g/mol. The maximum atomic E-state index is 13.0. The lowest BCUT2D eigenvalue weighted by atomic mass is 10.2. The number of halogens is 2. The van der Waals surface area contributed by atoms with E-state index in [-0.39, 0.29) is 17.8 Å². The third kappa shape index (κ3) is 3.79. The summed E-state index contributed by atoms with van der Waals surface area (Å²) < 4.78 is 13.0. The van der Waals surface area contributed by atoms with Gasteiger partial charge in [0.15, 0.2) is 0 Å². The molecule has 1 unspecified atom stereocenters. The normalized spacial score (nSPS) is 12.2. The summed E-state index contributed by atoms with van der Waals surface area (Å²) in [5, 5.41) is 5.84. The fourth-order valence-electron chi connectivity index (χ4n) is 1.29. The van der Waals surface area contributed by atoms with Gasteiger partial charge in [0.2, 0.25) is 5.91 Å². The number of likely N-dealkylation sites (N-methyl/N-ethyl adjacent to an activating group) is 1. The molecule has 1 aromatic carbocycles. The molecule has 0 heterocycles. The van der Waals surface area contributed by atoms with Crippen molar-refractivity contribution in [1.82, 2.24) is 10.6 Å². The Kier molecular flexibility index (Phi) is 4.71. The molecule has 0 fully saturated rings. The Morgan fingerprint density at radius 3 is 2.75 bits per heavy atom. The number of benzene rings is 1. The minimum atomic E-state index is -0.378. The third-order valence-corrected chi connectivity index (χ3v) is 2.39. The molecule has 0 bridgehead atoms. The largest absolute Gasteiger partial charge is 0.358 e. The Morgan fingerprint density at radius 1 is 1.50 bits per heavy atom. The molecule has 5 heteroatoms. The van der Waals surface area contributed by atoms with Gasteiger partial charge >= 0.3 is 0 Å².